The van der Waals surface area contributed by atoms with Gasteiger partial charge in [-0.1, -0.05) is 49.7 Å². The van der Waals surface area contributed by atoms with Crippen LogP contribution in [0.25, 0.3) is 0 Å². The van der Waals surface area contributed by atoms with Crippen LogP contribution in [0.4, 0.5) is 5.69 Å². The molecule has 0 aliphatic carbocycles. The van der Waals surface area contributed by atoms with Crippen molar-refractivity contribution < 1.29 is 22.7 Å². The number of hydrogen-bond acceptors (Lipinski definition) is 6. The first-order valence-corrected chi connectivity index (χ1v) is 13.8. The number of rotatable bonds is 13. The van der Waals surface area contributed by atoms with Crippen LogP contribution < -0.4 is 19.5 Å². The number of hydrogen-bond donors (Lipinski definition) is 2. The molecule has 2 aromatic rings. The molecule has 9 heteroatoms. The quantitative estimate of drug-likeness (QED) is 0.218. The van der Waals surface area contributed by atoms with Gasteiger partial charge in [0.25, 0.3) is 0 Å². The lowest BCUT2D eigenvalue weighted by molar-refractivity contribution is -0.133. The maximum Gasteiger partial charge on any atom is 0.310 e. The molecule has 2 aromatic carbocycles. The average Bonchev–Trinajstić information content (AvgIpc) is 2.85. The number of unbranched alkanes of at least 4 members (excludes halogenated alkanes) is 1. The van der Waals surface area contributed by atoms with Gasteiger partial charge in [-0.05, 0) is 68.8 Å². The lowest BCUT2D eigenvalue weighted by Gasteiger charge is -2.22. The summed E-state index contributed by atoms with van der Waals surface area (Å²) in [6.45, 7) is 4.35. The predicted octanol–water partition coefficient (Wildman–Crippen LogP) is 4.96. The summed E-state index contributed by atoms with van der Waals surface area (Å²) in [5.74, 6) is 0.755. The number of piperidine rings is 1. The van der Waals surface area contributed by atoms with Crippen molar-refractivity contribution in [3.63, 3.8) is 0 Å². The van der Waals surface area contributed by atoms with E-state index in [9.17, 15) is 13.2 Å². The third kappa shape index (κ3) is 10.1. The van der Waals surface area contributed by atoms with E-state index in [1.807, 2.05) is 30.3 Å². The van der Waals surface area contributed by atoms with Gasteiger partial charge in [-0.2, -0.15) is 0 Å². The van der Waals surface area contributed by atoms with Gasteiger partial charge in [0.05, 0.1) is 12.4 Å². The number of carbonyl (C=O) groups excluding carboxylic acids is 1. The van der Waals surface area contributed by atoms with E-state index in [1.54, 1.807) is 25.1 Å². The Hall–Kier alpha value is -2.29. The Labute approximate surface area is 215 Å². The highest BCUT2D eigenvalue weighted by molar-refractivity contribution is 7.92. The maximum absolute atomic E-state index is 12.9. The number of benzene rings is 2. The minimum Gasteiger partial charge on any atom is -0.491 e. The van der Waals surface area contributed by atoms with Crippen LogP contribution in [0.15, 0.2) is 48.5 Å². The standard InChI is InChI=1S/C26H36N2O5S.ClH/c1-2-25(29)33-24-13-8-12-23(32-19-7-6-11-22-14-17-27-18-15-22)26(24)28-34(30,31)20-16-21-9-4-3-5-10-21;/h3-5,8-10,12-13,22,27-28H,2,6-7,11,14-20H2,1H3;1H. The second kappa shape index (κ2) is 15.0. The van der Waals surface area contributed by atoms with Gasteiger partial charge in [-0.25, -0.2) is 8.42 Å². The second-order valence-electron chi connectivity index (χ2n) is 8.65. The van der Waals surface area contributed by atoms with Crippen molar-refractivity contribution in [2.45, 2.75) is 51.9 Å². The van der Waals surface area contributed by atoms with Crippen LogP contribution in [-0.2, 0) is 21.2 Å². The second-order valence-corrected chi connectivity index (χ2v) is 10.5. The van der Waals surface area contributed by atoms with Crippen LogP contribution in [0, 0.1) is 5.92 Å². The van der Waals surface area contributed by atoms with E-state index in [0.717, 1.165) is 37.4 Å². The summed E-state index contributed by atoms with van der Waals surface area (Å²) in [7, 11) is -3.70. The monoisotopic (exact) mass is 524 g/mol. The molecule has 1 saturated heterocycles. The summed E-state index contributed by atoms with van der Waals surface area (Å²) in [6, 6.07) is 14.4. The van der Waals surface area contributed by atoms with Crippen molar-refractivity contribution in [3.8, 4) is 11.5 Å². The summed E-state index contributed by atoms with van der Waals surface area (Å²) < 4.78 is 39.7. The first kappa shape index (κ1) is 28.9. The normalized spacial score (nSPS) is 14.1. The molecule has 0 atom stereocenters. The molecule has 0 saturated carbocycles. The fourth-order valence-electron chi connectivity index (χ4n) is 4.00. The Morgan fingerprint density at radius 3 is 2.46 bits per heavy atom. The minimum atomic E-state index is -3.70. The summed E-state index contributed by atoms with van der Waals surface area (Å²) in [5, 5.41) is 3.39. The molecule has 0 aromatic heterocycles. The Bertz CT molecular complexity index is 1010. The van der Waals surface area contributed by atoms with E-state index in [0.29, 0.717) is 18.8 Å². The molecule has 35 heavy (non-hydrogen) atoms. The van der Waals surface area contributed by atoms with Crippen LogP contribution in [0.3, 0.4) is 0 Å². The minimum absolute atomic E-state index is 0. The number of halogens is 1. The van der Waals surface area contributed by atoms with E-state index < -0.39 is 16.0 Å². The van der Waals surface area contributed by atoms with E-state index in [-0.39, 0.29) is 36.0 Å². The van der Waals surface area contributed by atoms with Crippen LogP contribution in [0.2, 0.25) is 0 Å². The number of aryl methyl sites for hydroxylation is 1. The zero-order valence-electron chi connectivity index (χ0n) is 20.3. The molecule has 0 radical (unpaired) electrons. The molecule has 0 spiro atoms. The van der Waals surface area contributed by atoms with Gasteiger partial charge in [0.2, 0.25) is 10.0 Å². The van der Waals surface area contributed by atoms with Crippen molar-refractivity contribution in [1.29, 1.82) is 0 Å². The fourth-order valence-corrected chi connectivity index (χ4v) is 5.12. The van der Waals surface area contributed by atoms with E-state index >= 15 is 0 Å². The van der Waals surface area contributed by atoms with E-state index in [1.165, 1.54) is 19.3 Å². The number of nitrogens with one attached hydrogen (secondary N) is 2. The third-order valence-corrected chi connectivity index (χ3v) is 7.24. The number of esters is 1. The zero-order chi connectivity index (χ0) is 24.2. The number of carbonyl (C=O) groups is 1. The fraction of sp³-hybridized carbons (Fsp3) is 0.500. The van der Waals surface area contributed by atoms with Gasteiger partial charge < -0.3 is 14.8 Å². The van der Waals surface area contributed by atoms with Crippen molar-refractivity contribution in [3.05, 3.63) is 54.1 Å². The summed E-state index contributed by atoms with van der Waals surface area (Å²) >= 11 is 0. The van der Waals surface area contributed by atoms with Gasteiger partial charge in [0.15, 0.2) is 5.75 Å². The average molecular weight is 525 g/mol. The van der Waals surface area contributed by atoms with E-state index in [2.05, 4.69) is 10.0 Å². The SMILES string of the molecule is CCC(=O)Oc1cccc(OCCCCC2CCNCC2)c1NS(=O)(=O)CCc1ccccc1.Cl. The molecular weight excluding hydrogens is 488 g/mol. The summed E-state index contributed by atoms with van der Waals surface area (Å²) in [6.07, 6.45) is 6.12. The molecule has 1 aliphatic heterocycles. The maximum atomic E-state index is 12.9. The van der Waals surface area contributed by atoms with Gasteiger partial charge in [-0.3, -0.25) is 9.52 Å². The van der Waals surface area contributed by atoms with Crippen LogP contribution >= 0.6 is 12.4 Å². The highest BCUT2D eigenvalue weighted by Crippen LogP contribution is 2.36. The van der Waals surface area contributed by atoms with Gasteiger partial charge in [-0.15, -0.1) is 12.4 Å². The summed E-state index contributed by atoms with van der Waals surface area (Å²) in [4.78, 5) is 11.9. The molecule has 1 fully saturated rings. The number of anilines is 1. The number of ether oxygens (including phenoxy) is 2. The molecule has 3 rings (SSSR count). The topological polar surface area (TPSA) is 93.7 Å². The van der Waals surface area contributed by atoms with Crippen molar-refractivity contribution in [2.24, 2.45) is 5.92 Å². The van der Waals surface area contributed by atoms with Crippen LogP contribution in [-0.4, -0.2) is 39.8 Å². The Morgan fingerprint density at radius 2 is 1.74 bits per heavy atom. The highest BCUT2D eigenvalue weighted by atomic mass is 35.5. The third-order valence-electron chi connectivity index (χ3n) is 5.98. The van der Waals surface area contributed by atoms with Crippen LogP contribution in [0.1, 0.15) is 51.0 Å². The summed E-state index contributed by atoms with van der Waals surface area (Å²) in [5.41, 5.74) is 1.11. The molecule has 0 unspecified atom stereocenters. The Balaban J connectivity index is 0.00000432. The smallest absolute Gasteiger partial charge is 0.310 e. The molecular formula is C26H37ClN2O5S. The Kier molecular flexibility index (Phi) is 12.4. The molecule has 7 nitrogen and oxygen atoms in total. The first-order chi connectivity index (χ1) is 16.5. The molecule has 1 aliphatic rings. The highest BCUT2D eigenvalue weighted by Gasteiger charge is 2.20. The largest absolute Gasteiger partial charge is 0.491 e. The van der Waals surface area contributed by atoms with Crippen molar-refractivity contribution >= 4 is 34.1 Å². The predicted molar refractivity (Wildman–Crippen MR) is 142 cm³/mol. The lowest BCUT2D eigenvalue weighted by atomic mass is 9.93. The molecule has 1 heterocycles. The Morgan fingerprint density at radius 1 is 1.03 bits per heavy atom. The zero-order valence-corrected chi connectivity index (χ0v) is 22.0. The van der Waals surface area contributed by atoms with Crippen molar-refractivity contribution in [2.75, 3.05) is 30.2 Å². The molecule has 2 N–H and O–H groups in total. The lowest BCUT2D eigenvalue weighted by Crippen LogP contribution is -2.27. The van der Waals surface area contributed by atoms with Crippen LogP contribution in [0.5, 0.6) is 11.5 Å². The van der Waals surface area contributed by atoms with E-state index in [4.69, 9.17) is 9.47 Å². The van der Waals surface area contributed by atoms with Gasteiger partial charge in [0.1, 0.15) is 11.4 Å². The van der Waals surface area contributed by atoms with Crippen molar-refractivity contribution in [1.82, 2.24) is 5.32 Å². The first-order valence-electron chi connectivity index (χ1n) is 12.2. The van der Waals surface area contributed by atoms with Gasteiger partial charge in [0, 0.05) is 6.42 Å². The molecule has 0 amide bonds. The number of para-hydroxylation sites is 1. The molecule has 0 bridgehead atoms. The van der Waals surface area contributed by atoms with Gasteiger partial charge >= 0.3 is 5.97 Å². The number of sulfonamides is 1. The molecule has 194 valence electrons.